The van der Waals surface area contributed by atoms with Gasteiger partial charge in [0.15, 0.2) is 4.34 Å². The van der Waals surface area contributed by atoms with E-state index < -0.39 is 0 Å². The maximum absolute atomic E-state index is 12.3. The molecule has 8 heteroatoms. The third-order valence-corrected chi connectivity index (χ3v) is 5.91. The van der Waals surface area contributed by atoms with Crippen LogP contribution in [0.3, 0.4) is 0 Å². The molecule has 2 heterocycles. The van der Waals surface area contributed by atoms with Crippen LogP contribution >= 0.6 is 34.7 Å². The predicted molar refractivity (Wildman–Crippen MR) is 95.8 cm³/mol. The van der Waals surface area contributed by atoms with E-state index in [1.807, 2.05) is 36.1 Å². The number of rotatable bonds is 5. The normalized spacial score (nSPS) is 15.7. The number of para-hydroxylation sites is 1. The van der Waals surface area contributed by atoms with Crippen LogP contribution in [0.5, 0.6) is 0 Å². The van der Waals surface area contributed by atoms with E-state index in [0.29, 0.717) is 10.2 Å². The second-order valence-electron chi connectivity index (χ2n) is 5.27. The topological polar surface area (TPSA) is 58.1 Å². The highest BCUT2D eigenvalue weighted by Crippen LogP contribution is 2.32. The Kier molecular flexibility index (Phi) is 5.40. The number of amides is 1. The zero-order chi connectivity index (χ0) is 16.2. The minimum absolute atomic E-state index is 0.144. The first-order chi connectivity index (χ1) is 11.1. The molecule has 0 aliphatic carbocycles. The molecule has 0 spiro atoms. The van der Waals surface area contributed by atoms with E-state index in [-0.39, 0.29) is 11.2 Å². The number of thioether (sulfide) groups is 1. The molecule has 0 radical (unpaired) electrons. The molecule has 1 fully saturated rings. The van der Waals surface area contributed by atoms with Crippen LogP contribution in [0.25, 0.3) is 0 Å². The summed E-state index contributed by atoms with van der Waals surface area (Å²) in [4.78, 5) is 14.3. The Morgan fingerprint density at radius 2 is 2.09 bits per heavy atom. The second-order valence-corrected chi connectivity index (χ2v) is 8.24. The fraction of sp³-hybridized carbons (Fsp3) is 0.400. The van der Waals surface area contributed by atoms with Gasteiger partial charge in [0, 0.05) is 13.1 Å². The number of aromatic nitrogens is 2. The predicted octanol–water partition coefficient (Wildman–Crippen LogP) is 4.04. The van der Waals surface area contributed by atoms with Gasteiger partial charge in [0.2, 0.25) is 11.0 Å². The van der Waals surface area contributed by atoms with Crippen molar-refractivity contribution in [1.82, 2.24) is 15.1 Å². The summed E-state index contributed by atoms with van der Waals surface area (Å²) in [6, 6.07) is 7.48. The van der Waals surface area contributed by atoms with Gasteiger partial charge in [-0.25, -0.2) is 0 Å². The minimum atomic E-state index is -0.144. The van der Waals surface area contributed by atoms with E-state index >= 15 is 0 Å². The van der Waals surface area contributed by atoms with Crippen molar-refractivity contribution in [3.63, 3.8) is 0 Å². The minimum Gasteiger partial charge on any atom is -0.342 e. The van der Waals surface area contributed by atoms with E-state index in [2.05, 4.69) is 15.5 Å². The van der Waals surface area contributed by atoms with Gasteiger partial charge in [0.1, 0.15) is 0 Å². The Morgan fingerprint density at radius 3 is 2.83 bits per heavy atom. The molecule has 1 aliphatic heterocycles. The first kappa shape index (κ1) is 16.5. The van der Waals surface area contributed by atoms with Crippen LogP contribution in [0.1, 0.15) is 19.8 Å². The summed E-state index contributed by atoms with van der Waals surface area (Å²) in [6.07, 6.45) is 2.21. The van der Waals surface area contributed by atoms with Gasteiger partial charge in [-0.05, 0) is 31.9 Å². The van der Waals surface area contributed by atoms with Gasteiger partial charge in [-0.3, -0.25) is 4.79 Å². The van der Waals surface area contributed by atoms with Crippen molar-refractivity contribution in [3.8, 4) is 0 Å². The second kappa shape index (κ2) is 7.51. The molecular weight excluding hydrogens is 352 g/mol. The van der Waals surface area contributed by atoms with Gasteiger partial charge in [0.05, 0.1) is 16.0 Å². The smallest absolute Gasteiger partial charge is 0.235 e. The Balaban J connectivity index is 1.60. The summed E-state index contributed by atoms with van der Waals surface area (Å²) in [5.41, 5.74) is 0.794. The van der Waals surface area contributed by atoms with Crippen LogP contribution in [0.2, 0.25) is 5.02 Å². The van der Waals surface area contributed by atoms with Crippen LogP contribution in [0.4, 0.5) is 10.8 Å². The Morgan fingerprint density at radius 1 is 1.35 bits per heavy atom. The number of hydrogen-bond donors (Lipinski definition) is 1. The molecule has 3 rings (SSSR count). The molecule has 1 N–H and O–H groups in total. The van der Waals surface area contributed by atoms with Crippen molar-refractivity contribution >= 4 is 51.4 Å². The number of hydrogen-bond acceptors (Lipinski definition) is 6. The lowest BCUT2D eigenvalue weighted by atomic mass is 10.3. The molecule has 23 heavy (non-hydrogen) atoms. The van der Waals surface area contributed by atoms with E-state index in [0.717, 1.165) is 36.0 Å². The van der Waals surface area contributed by atoms with E-state index in [9.17, 15) is 4.79 Å². The van der Waals surface area contributed by atoms with E-state index in [1.54, 1.807) is 0 Å². The molecule has 2 aromatic rings. The lowest BCUT2D eigenvalue weighted by Crippen LogP contribution is -2.33. The number of benzene rings is 1. The van der Waals surface area contributed by atoms with E-state index in [4.69, 9.17) is 11.6 Å². The third kappa shape index (κ3) is 4.16. The summed E-state index contributed by atoms with van der Waals surface area (Å²) >= 11 is 9.00. The van der Waals surface area contributed by atoms with Gasteiger partial charge >= 0.3 is 0 Å². The molecule has 5 nitrogen and oxygen atoms in total. The largest absolute Gasteiger partial charge is 0.342 e. The van der Waals surface area contributed by atoms with Crippen LogP contribution in [-0.4, -0.2) is 39.3 Å². The number of likely N-dealkylation sites (tertiary alicyclic amines) is 1. The summed E-state index contributed by atoms with van der Waals surface area (Å²) in [5, 5.41) is 12.6. The molecular formula is C15H17ClN4OS2. The molecule has 122 valence electrons. The zero-order valence-electron chi connectivity index (χ0n) is 12.7. The number of carbonyl (C=O) groups excluding carboxylic acids is 1. The maximum Gasteiger partial charge on any atom is 0.235 e. The summed E-state index contributed by atoms with van der Waals surface area (Å²) < 4.78 is 0.777. The number of anilines is 2. The highest BCUT2D eigenvalue weighted by Gasteiger charge is 2.25. The van der Waals surface area contributed by atoms with Gasteiger partial charge in [-0.1, -0.05) is 46.8 Å². The summed E-state index contributed by atoms with van der Waals surface area (Å²) in [5.74, 6) is 0.184. The lowest BCUT2D eigenvalue weighted by molar-refractivity contribution is -0.129. The Hall–Kier alpha value is -1.31. The lowest BCUT2D eigenvalue weighted by Gasteiger charge is -2.18. The first-order valence-corrected chi connectivity index (χ1v) is 9.51. The fourth-order valence-corrected chi connectivity index (χ4v) is 4.56. The highest BCUT2D eigenvalue weighted by molar-refractivity contribution is 8.02. The first-order valence-electron chi connectivity index (χ1n) is 7.44. The van der Waals surface area contributed by atoms with Crippen LogP contribution in [0.15, 0.2) is 28.6 Å². The molecule has 1 aliphatic rings. The molecule has 0 saturated carbocycles. The molecule has 1 aromatic heterocycles. The third-order valence-electron chi connectivity index (χ3n) is 3.57. The SMILES string of the molecule is CC(Sc1nnc(Nc2ccccc2Cl)s1)C(=O)N1CCCC1. The van der Waals surface area contributed by atoms with Crippen molar-refractivity contribution in [3.05, 3.63) is 29.3 Å². The zero-order valence-corrected chi connectivity index (χ0v) is 15.0. The van der Waals surface area contributed by atoms with Gasteiger partial charge < -0.3 is 10.2 Å². The number of nitrogens with zero attached hydrogens (tertiary/aromatic N) is 3. The fourth-order valence-electron chi connectivity index (χ4n) is 2.38. The number of halogens is 1. The number of nitrogens with one attached hydrogen (secondary N) is 1. The molecule has 1 amide bonds. The van der Waals surface area contributed by atoms with Crippen LogP contribution < -0.4 is 5.32 Å². The highest BCUT2D eigenvalue weighted by atomic mass is 35.5. The summed E-state index contributed by atoms with van der Waals surface area (Å²) in [7, 11) is 0. The van der Waals surface area contributed by atoms with Crippen LogP contribution in [-0.2, 0) is 4.79 Å². The quantitative estimate of drug-likeness (QED) is 0.807. The van der Waals surface area contributed by atoms with Gasteiger partial charge in [0.25, 0.3) is 0 Å². The van der Waals surface area contributed by atoms with Gasteiger partial charge in [-0.15, -0.1) is 10.2 Å². The van der Waals surface area contributed by atoms with Crippen LogP contribution in [0, 0.1) is 0 Å². The monoisotopic (exact) mass is 368 g/mol. The Labute approximate surface area is 148 Å². The standard InChI is InChI=1S/C15H17ClN4OS2/c1-10(13(21)20-8-4-5-9-20)22-15-19-18-14(23-15)17-12-7-3-2-6-11(12)16/h2-3,6-7,10H,4-5,8-9H2,1H3,(H,17,18). The molecule has 1 unspecified atom stereocenters. The average molecular weight is 369 g/mol. The molecule has 1 aromatic carbocycles. The molecule has 0 bridgehead atoms. The summed E-state index contributed by atoms with van der Waals surface area (Å²) in [6.45, 7) is 3.67. The van der Waals surface area contributed by atoms with Crippen molar-refractivity contribution < 1.29 is 4.79 Å². The molecule has 1 atom stereocenters. The van der Waals surface area contributed by atoms with Crippen molar-refractivity contribution in [2.24, 2.45) is 0 Å². The van der Waals surface area contributed by atoms with Crippen molar-refractivity contribution in [1.29, 1.82) is 0 Å². The Bertz CT molecular complexity index is 688. The maximum atomic E-state index is 12.3. The van der Waals surface area contributed by atoms with Crippen molar-refractivity contribution in [2.75, 3.05) is 18.4 Å². The van der Waals surface area contributed by atoms with Gasteiger partial charge in [-0.2, -0.15) is 0 Å². The number of carbonyl (C=O) groups is 1. The molecule has 1 saturated heterocycles. The van der Waals surface area contributed by atoms with E-state index in [1.165, 1.54) is 23.1 Å². The van der Waals surface area contributed by atoms with Crippen molar-refractivity contribution in [2.45, 2.75) is 29.4 Å². The average Bonchev–Trinajstić information content (AvgIpc) is 3.21.